The maximum atomic E-state index is 13.1. The summed E-state index contributed by atoms with van der Waals surface area (Å²) in [6.45, 7) is 4.39. The minimum atomic E-state index is -0.375. The Hall–Kier alpha value is -2.89. The van der Waals surface area contributed by atoms with Crippen molar-refractivity contribution in [2.45, 2.75) is 38.6 Å². The number of benzene rings is 1. The number of aromatic nitrogens is 3. The van der Waals surface area contributed by atoms with Gasteiger partial charge in [-0.3, -0.25) is 9.48 Å². The molecular weight excluding hydrogens is 328 g/mol. The van der Waals surface area contributed by atoms with Gasteiger partial charge in [0.05, 0.1) is 29.5 Å². The molecule has 1 aliphatic rings. The number of rotatable bonds is 5. The fraction of sp³-hybridized carbons (Fsp3) is 0.350. The van der Waals surface area contributed by atoms with Gasteiger partial charge in [0.1, 0.15) is 5.76 Å². The summed E-state index contributed by atoms with van der Waals surface area (Å²) in [5, 5.41) is 8.38. The van der Waals surface area contributed by atoms with Crippen molar-refractivity contribution in [1.82, 2.24) is 14.9 Å². The summed E-state index contributed by atoms with van der Waals surface area (Å²) in [5.41, 5.74) is 3.41. The first kappa shape index (κ1) is 16.6. The topological polar surface area (TPSA) is 64.2 Å². The zero-order chi connectivity index (χ0) is 18.3. The molecule has 0 bridgehead atoms. The molecule has 6 heteroatoms. The lowest BCUT2D eigenvalue weighted by Crippen LogP contribution is -2.36. The molecule has 6 nitrogen and oxygen atoms in total. The van der Waals surface area contributed by atoms with Crippen LogP contribution in [0.15, 0.2) is 47.2 Å². The van der Waals surface area contributed by atoms with Crippen molar-refractivity contribution in [2.24, 2.45) is 0 Å². The van der Waals surface area contributed by atoms with Crippen LogP contribution in [0.2, 0.25) is 0 Å². The predicted molar refractivity (Wildman–Crippen MR) is 98.1 cm³/mol. The van der Waals surface area contributed by atoms with Crippen LogP contribution in [0.3, 0.4) is 0 Å². The number of nitrogens with zero attached hydrogens (tertiary/aromatic N) is 4. The van der Waals surface area contributed by atoms with Crippen molar-refractivity contribution >= 4 is 11.6 Å². The van der Waals surface area contributed by atoms with Crippen molar-refractivity contribution in [3.8, 4) is 0 Å². The predicted octanol–water partition coefficient (Wildman–Crippen LogP) is 3.23. The van der Waals surface area contributed by atoms with Crippen molar-refractivity contribution in [2.75, 3.05) is 11.9 Å². The molecule has 0 aliphatic heterocycles. The van der Waals surface area contributed by atoms with Crippen LogP contribution in [-0.4, -0.2) is 27.9 Å². The number of aryl methyl sites for hydroxylation is 2. The van der Waals surface area contributed by atoms with E-state index in [1.165, 1.54) is 0 Å². The Morgan fingerprint density at radius 1 is 1.27 bits per heavy atom. The van der Waals surface area contributed by atoms with Gasteiger partial charge in [0, 0.05) is 18.8 Å². The second-order valence-electron chi connectivity index (χ2n) is 7.01. The van der Waals surface area contributed by atoms with E-state index >= 15 is 0 Å². The van der Waals surface area contributed by atoms with E-state index in [2.05, 4.69) is 10.3 Å². The summed E-state index contributed by atoms with van der Waals surface area (Å²) in [6.07, 6.45) is 5.42. The molecule has 0 saturated heterocycles. The van der Waals surface area contributed by atoms with Gasteiger partial charge < -0.3 is 9.42 Å². The Morgan fingerprint density at radius 3 is 2.62 bits per heavy atom. The normalized spacial score (nSPS) is 15.0. The Morgan fingerprint density at radius 2 is 2.00 bits per heavy atom. The molecule has 2 aromatic heterocycles. The standard InChI is InChI=1S/C20H22N4O2/c1-14-18(15(2)26-22-14)13-24-12-17(11-21-24)23(3)19(25)20(9-10-20)16-7-5-4-6-8-16/h4-8,11-12H,9-10,13H2,1-3H3. The second kappa shape index (κ2) is 6.12. The van der Waals surface area contributed by atoms with E-state index in [4.69, 9.17) is 4.52 Å². The molecule has 1 aliphatic carbocycles. The lowest BCUT2D eigenvalue weighted by Gasteiger charge is -2.22. The molecule has 3 aromatic rings. The van der Waals surface area contributed by atoms with Gasteiger partial charge in [0.15, 0.2) is 0 Å². The van der Waals surface area contributed by atoms with Gasteiger partial charge in [-0.05, 0) is 32.3 Å². The van der Waals surface area contributed by atoms with Crippen molar-refractivity contribution in [3.63, 3.8) is 0 Å². The highest BCUT2D eigenvalue weighted by atomic mass is 16.5. The minimum absolute atomic E-state index is 0.126. The second-order valence-corrected chi connectivity index (χ2v) is 7.01. The monoisotopic (exact) mass is 350 g/mol. The molecule has 1 fully saturated rings. The highest BCUT2D eigenvalue weighted by Gasteiger charge is 2.52. The Kier molecular flexibility index (Phi) is 3.90. The van der Waals surface area contributed by atoms with E-state index in [9.17, 15) is 4.79 Å². The zero-order valence-corrected chi connectivity index (χ0v) is 15.3. The third kappa shape index (κ3) is 2.71. The van der Waals surface area contributed by atoms with Gasteiger partial charge >= 0.3 is 0 Å². The molecule has 0 unspecified atom stereocenters. The summed E-state index contributed by atoms with van der Waals surface area (Å²) in [4.78, 5) is 14.8. The maximum absolute atomic E-state index is 13.1. The first-order chi connectivity index (χ1) is 12.5. The maximum Gasteiger partial charge on any atom is 0.237 e. The van der Waals surface area contributed by atoms with Gasteiger partial charge in [0.25, 0.3) is 0 Å². The molecule has 26 heavy (non-hydrogen) atoms. The minimum Gasteiger partial charge on any atom is -0.361 e. The SMILES string of the molecule is Cc1noc(C)c1Cn1cc(N(C)C(=O)C2(c3ccccc3)CC2)cn1. The molecule has 1 amide bonds. The number of anilines is 1. The molecular formula is C20H22N4O2. The van der Waals surface area contributed by atoms with Gasteiger partial charge in [-0.15, -0.1) is 0 Å². The van der Waals surface area contributed by atoms with E-state index in [1.807, 2.05) is 62.1 Å². The lowest BCUT2D eigenvalue weighted by molar-refractivity contribution is -0.120. The highest BCUT2D eigenvalue weighted by Crippen LogP contribution is 2.49. The Labute approximate surface area is 152 Å². The number of carbonyl (C=O) groups excluding carboxylic acids is 1. The van der Waals surface area contributed by atoms with Crippen LogP contribution < -0.4 is 4.90 Å². The zero-order valence-electron chi connectivity index (χ0n) is 15.3. The molecule has 1 aromatic carbocycles. The summed E-state index contributed by atoms with van der Waals surface area (Å²) in [7, 11) is 1.82. The Balaban J connectivity index is 1.53. The number of likely N-dealkylation sites (N-methyl/N-ethyl adjacent to an activating group) is 1. The van der Waals surface area contributed by atoms with E-state index < -0.39 is 0 Å². The van der Waals surface area contributed by atoms with E-state index in [0.29, 0.717) is 6.54 Å². The van der Waals surface area contributed by atoms with Crippen LogP contribution >= 0.6 is 0 Å². The van der Waals surface area contributed by atoms with Crippen LogP contribution in [0.25, 0.3) is 0 Å². The van der Waals surface area contributed by atoms with Crippen LogP contribution in [-0.2, 0) is 16.8 Å². The molecule has 0 N–H and O–H groups in total. The highest BCUT2D eigenvalue weighted by molar-refractivity contribution is 6.02. The van der Waals surface area contributed by atoms with E-state index in [0.717, 1.165) is 41.1 Å². The number of amides is 1. The quantitative estimate of drug-likeness (QED) is 0.709. The summed E-state index contributed by atoms with van der Waals surface area (Å²) in [6, 6.07) is 10.0. The fourth-order valence-electron chi connectivity index (χ4n) is 3.45. The molecule has 2 heterocycles. The van der Waals surface area contributed by atoms with Gasteiger partial charge in [-0.2, -0.15) is 5.10 Å². The smallest absolute Gasteiger partial charge is 0.237 e. The van der Waals surface area contributed by atoms with Gasteiger partial charge in [-0.25, -0.2) is 0 Å². The first-order valence-electron chi connectivity index (χ1n) is 8.79. The molecule has 4 rings (SSSR count). The van der Waals surface area contributed by atoms with E-state index in [1.54, 1.807) is 11.1 Å². The number of carbonyl (C=O) groups is 1. The van der Waals surface area contributed by atoms with Crippen LogP contribution in [0.5, 0.6) is 0 Å². The van der Waals surface area contributed by atoms with Crippen molar-refractivity contribution in [3.05, 3.63) is 65.3 Å². The summed E-state index contributed by atoms with van der Waals surface area (Å²) in [5.74, 6) is 0.922. The van der Waals surface area contributed by atoms with Crippen molar-refractivity contribution < 1.29 is 9.32 Å². The van der Waals surface area contributed by atoms with Crippen LogP contribution in [0, 0.1) is 13.8 Å². The van der Waals surface area contributed by atoms with Gasteiger partial charge in [0.2, 0.25) is 5.91 Å². The number of hydrogen-bond donors (Lipinski definition) is 0. The largest absolute Gasteiger partial charge is 0.361 e. The van der Waals surface area contributed by atoms with Crippen LogP contribution in [0.4, 0.5) is 5.69 Å². The average Bonchev–Trinajstić information content (AvgIpc) is 3.25. The summed E-state index contributed by atoms with van der Waals surface area (Å²) >= 11 is 0. The third-order valence-electron chi connectivity index (χ3n) is 5.30. The molecule has 0 spiro atoms. The molecule has 0 radical (unpaired) electrons. The number of hydrogen-bond acceptors (Lipinski definition) is 4. The Bertz CT molecular complexity index is 918. The molecule has 0 atom stereocenters. The first-order valence-corrected chi connectivity index (χ1v) is 8.79. The average molecular weight is 350 g/mol. The van der Waals surface area contributed by atoms with Crippen molar-refractivity contribution in [1.29, 1.82) is 0 Å². The lowest BCUT2D eigenvalue weighted by atomic mass is 9.94. The van der Waals surface area contributed by atoms with E-state index in [-0.39, 0.29) is 11.3 Å². The van der Waals surface area contributed by atoms with Crippen LogP contribution in [0.1, 0.15) is 35.4 Å². The van der Waals surface area contributed by atoms with Gasteiger partial charge in [-0.1, -0.05) is 35.5 Å². The molecule has 1 saturated carbocycles. The summed E-state index contributed by atoms with van der Waals surface area (Å²) < 4.78 is 7.02. The third-order valence-corrected chi connectivity index (χ3v) is 5.30. The molecule has 134 valence electrons. The fourth-order valence-corrected chi connectivity index (χ4v) is 3.45.